The lowest BCUT2D eigenvalue weighted by Gasteiger charge is -2.33. The van der Waals surface area contributed by atoms with Crippen molar-refractivity contribution in [2.24, 2.45) is 0 Å². The van der Waals surface area contributed by atoms with Gasteiger partial charge in [0.2, 0.25) is 0 Å². The van der Waals surface area contributed by atoms with Gasteiger partial charge in [-0.15, -0.1) is 0 Å². The largest absolute Gasteiger partial charge is 0.305 e. The van der Waals surface area contributed by atoms with Crippen molar-refractivity contribution in [1.82, 2.24) is 34.8 Å². The van der Waals surface area contributed by atoms with Crippen LogP contribution in [0, 0.1) is 0 Å². The monoisotopic (exact) mass is 456 g/mol. The summed E-state index contributed by atoms with van der Waals surface area (Å²) >= 11 is 0. The summed E-state index contributed by atoms with van der Waals surface area (Å²) in [7, 11) is 0. The van der Waals surface area contributed by atoms with Gasteiger partial charge in [-0.2, -0.15) is 14.9 Å². The number of hydrogen-bond acceptors (Lipinski definition) is 6. The highest BCUT2D eigenvalue weighted by molar-refractivity contribution is 6.02. The van der Waals surface area contributed by atoms with Gasteiger partial charge in [0, 0.05) is 30.4 Å². The summed E-state index contributed by atoms with van der Waals surface area (Å²) in [6, 6.07) is 15.3. The number of anilines is 1. The fourth-order valence-corrected chi connectivity index (χ4v) is 4.34. The second kappa shape index (κ2) is 9.56. The van der Waals surface area contributed by atoms with Crippen LogP contribution in [-0.4, -0.2) is 59.9 Å². The molecule has 0 aliphatic carbocycles. The van der Waals surface area contributed by atoms with Gasteiger partial charge in [-0.3, -0.25) is 9.89 Å². The molecule has 1 aliphatic heterocycles. The Kier molecular flexibility index (Phi) is 6.18. The first kappa shape index (κ1) is 22.0. The molecule has 1 fully saturated rings. The summed E-state index contributed by atoms with van der Waals surface area (Å²) in [6.45, 7) is 6.56. The fraction of sp³-hybridized carbons (Fsp3) is 0.320. The molecule has 0 atom stereocenters. The molecule has 9 nitrogen and oxygen atoms in total. The molecule has 34 heavy (non-hydrogen) atoms. The van der Waals surface area contributed by atoms with Gasteiger partial charge in [0.05, 0.1) is 17.1 Å². The van der Waals surface area contributed by atoms with E-state index in [9.17, 15) is 4.79 Å². The Labute approximate surface area is 198 Å². The number of hydrogen-bond donors (Lipinski definition) is 2. The van der Waals surface area contributed by atoms with E-state index in [0.717, 1.165) is 37.3 Å². The quantitative estimate of drug-likeness (QED) is 0.456. The predicted molar refractivity (Wildman–Crippen MR) is 130 cm³/mol. The van der Waals surface area contributed by atoms with Gasteiger partial charge in [0.25, 0.3) is 5.91 Å². The maximum absolute atomic E-state index is 13.2. The number of rotatable bonds is 6. The summed E-state index contributed by atoms with van der Waals surface area (Å²) in [5.74, 6) is 1.28. The topological polar surface area (TPSA) is 105 Å². The van der Waals surface area contributed by atoms with E-state index in [-0.39, 0.29) is 5.91 Å². The molecule has 1 amide bonds. The summed E-state index contributed by atoms with van der Waals surface area (Å²) < 4.78 is 1.71. The number of aromatic amines is 1. The third kappa shape index (κ3) is 4.60. The van der Waals surface area contributed by atoms with Crippen LogP contribution in [0.5, 0.6) is 0 Å². The molecule has 1 saturated heterocycles. The highest BCUT2D eigenvalue weighted by Crippen LogP contribution is 2.30. The van der Waals surface area contributed by atoms with Crippen molar-refractivity contribution >= 4 is 11.7 Å². The SMILES string of the molecule is CC(C)N1CCC(c2cc(NC(=O)c3cccc(-c4ccn[nH]4)n3)n(-c3ccccn3)n2)CC1. The van der Waals surface area contributed by atoms with Gasteiger partial charge in [0.15, 0.2) is 5.82 Å². The highest BCUT2D eigenvalue weighted by Gasteiger charge is 2.26. The fourth-order valence-electron chi connectivity index (χ4n) is 4.34. The minimum atomic E-state index is -0.306. The molecule has 0 unspecified atom stereocenters. The molecular weight excluding hydrogens is 428 g/mol. The number of aromatic nitrogens is 6. The molecule has 0 spiro atoms. The molecular formula is C25H28N8O. The van der Waals surface area contributed by atoms with Crippen LogP contribution < -0.4 is 5.32 Å². The van der Waals surface area contributed by atoms with E-state index in [4.69, 9.17) is 5.10 Å². The molecule has 0 aromatic carbocycles. The van der Waals surface area contributed by atoms with Crippen LogP contribution in [0.1, 0.15) is 48.8 Å². The lowest BCUT2D eigenvalue weighted by Crippen LogP contribution is -2.37. The minimum Gasteiger partial charge on any atom is -0.305 e. The smallest absolute Gasteiger partial charge is 0.275 e. The Balaban J connectivity index is 1.41. The lowest BCUT2D eigenvalue weighted by molar-refractivity contribution is 0.102. The van der Waals surface area contributed by atoms with Gasteiger partial charge >= 0.3 is 0 Å². The normalized spacial score (nSPS) is 15.0. The standard InChI is InChI=1S/C25H28N8O/c1-17(2)32-14-10-18(11-15-32)22-16-24(33(31-22)23-8-3-4-12-26-23)29-25(34)21-7-5-6-19(28-21)20-9-13-27-30-20/h3-9,12-13,16-18H,10-11,14-15H2,1-2H3,(H,27,30)(H,29,34). The Morgan fingerprint density at radius 2 is 1.94 bits per heavy atom. The Morgan fingerprint density at radius 1 is 1.09 bits per heavy atom. The van der Waals surface area contributed by atoms with Crippen molar-refractivity contribution in [3.05, 3.63) is 72.3 Å². The van der Waals surface area contributed by atoms with Crippen LogP contribution in [-0.2, 0) is 0 Å². The molecule has 4 aromatic heterocycles. The van der Waals surface area contributed by atoms with Gasteiger partial charge < -0.3 is 10.2 Å². The average molecular weight is 457 g/mol. The van der Waals surface area contributed by atoms with Gasteiger partial charge in [-0.25, -0.2) is 9.97 Å². The minimum absolute atomic E-state index is 0.306. The Morgan fingerprint density at radius 3 is 2.65 bits per heavy atom. The maximum atomic E-state index is 13.2. The molecule has 5 rings (SSSR count). The van der Waals surface area contributed by atoms with Gasteiger partial charge in [-0.1, -0.05) is 12.1 Å². The predicted octanol–water partition coefficient (Wildman–Crippen LogP) is 3.89. The summed E-state index contributed by atoms with van der Waals surface area (Å²) in [5.41, 5.74) is 2.69. The van der Waals surface area contributed by atoms with E-state index in [1.54, 1.807) is 23.1 Å². The highest BCUT2D eigenvalue weighted by atomic mass is 16.2. The Bertz CT molecular complexity index is 1240. The number of carbonyl (C=O) groups is 1. The number of carbonyl (C=O) groups excluding carboxylic acids is 1. The van der Waals surface area contributed by atoms with Crippen molar-refractivity contribution in [1.29, 1.82) is 0 Å². The number of nitrogens with zero attached hydrogens (tertiary/aromatic N) is 6. The first-order valence-electron chi connectivity index (χ1n) is 11.6. The molecule has 0 bridgehead atoms. The molecule has 4 aromatic rings. The Hall–Kier alpha value is -3.85. The van der Waals surface area contributed by atoms with E-state index >= 15 is 0 Å². The molecule has 0 radical (unpaired) electrons. The van der Waals surface area contributed by atoms with Gasteiger partial charge in [0.1, 0.15) is 11.5 Å². The first-order valence-corrected chi connectivity index (χ1v) is 11.6. The van der Waals surface area contributed by atoms with Crippen LogP contribution in [0.15, 0.2) is 60.9 Å². The zero-order chi connectivity index (χ0) is 23.5. The molecule has 174 valence electrons. The maximum Gasteiger partial charge on any atom is 0.275 e. The number of H-pyrrole nitrogens is 1. The third-order valence-corrected chi connectivity index (χ3v) is 6.27. The van der Waals surface area contributed by atoms with Crippen molar-refractivity contribution in [3.63, 3.8) is 0 Å². The summed E-state index contributed by atoms with van der Waals surface area (Å²) in [6.07, 6.45) is 5.46. The van der Waals surface area contributed by atoms with Crippen LogP contribution in [0.3, 0.4) is 0 Å². The molecule has 1 aliphatic rings. The average Bonchev–Trinajstić information content (AvgIpc) is 3.55. The first-order chi connectivity index (χ1) is 16.6. The lowest BCUT2D eigenvalue weighted by atomic mass is 9.93. The van der Waals surface area contributed by atoms with Crippen LogP contribution in [0.25, 0.3) is 17.2 Å². The van der Waals surface area contributed by atoms with Crippen molar-refractivity contribution in [2.45, 2.75) is 38.6 Å². The number of likely N-dealkylation sites (tertiary alicyclic amines) is 1. The molecule has 0 saturated carbocycles. The van der Waals surface area contributed by atoms with Crippen LogP contribution in [0.2, 0.25) is 0 Å². The summed E-state index contributed by atoms with van der Waals surface area (Å²) in [4.78, 5) is 24.6. The van der Waals surface area contributed by atoms with Crippen molar-refractivity contribution in [3.8, 4) is 17.2 Å². The van der Waals surface area contributed by atoms with Crippen molar-refractivity contribution in [2.75, 3.05) is 18.4 Å². The van der Waals surface area contributed by atoms with E-state index in [1.165, 1.54) is 0 Å². The van der Waals surface area contributed by atoms with E-state index < -0.39 is 0 Å². The number of pyridine rings is 2. The molecule has 2 N–H and O–H groups in total. The van der Waals surface area contributed by atoms with Crippen LogP contribution in [0.4, 0.5) is 5.82 Å². The second-order valence-corrected chi connectivity index (χ2v) is 8.79. The number of nitrogens with one attached hydrogen (secondary N) is 2. The zero-order valence-electron chi connectivity index (χ0n) is 19.3. The third-order valence-electron chi connectivity index (χ3n) is 6.27. The van der Waals surface area contributed by atoms with Crippen molar-refractivity contribution < 1.29 is 4.79 Å². The second-order valence-electron chi connectivity index (χ2n) is 8.79. The molecule has 5 heterocycles. The molecule has 9 heteroatoms. The van der Waals surface area contributed by atoms with E-state index in [2.05, 4.69) is 44.2 Å². The van der Waals surface area contributed by atoms with E-state index in [0.29, 0.717) is 35.0 Å². The number of piperidine rings is 1. The van der Waals surface area contributed by atoms with Crippen LogP contribution >= 0.6 is 0 Å². The summed E-state index contributed by atoms with van der Waals surface area (Å²) in [5, 5.41) is 14.7. The van der Waals surface area contributed by atoms with E-state index in [1.807, 2.05) is 42.5 Å². The zero-order valence-corrected chi connectivity index (χ0v) is 19.3. The van der Waals surface area contributed by atoms with Gasteiger partial charge in [-0.05, 0) is 70.1 Å². The number of amides is 1.